The first-order valence-electron chi connectivity index (χ1n) is 6.65. The van der Waals surface area contributed by atoms with Crippen LogP contribution in [0, 0.1) is 6.92 Å². The van der Waals surface area contributed by atoms with Crippen LogP contribution < -0.4 is 10.4 Å². The summed E-state index contributed by atoms with van der Waals surface area (Å²) in [6.07, 6.45) is 7.58. The Hall–Kier alpha value is -2.49. The fourth-order valence-electron chi connectivity index (χ4n) is 2.10. The van der Waals surface area contributed by atoms with Crippen molar-refractivity contribution < 1.29 is 9.15 Å². The van der Waals surface area contributed by atoms with Gasteiger partial charge >= 0.3 is 5.63 Å². The van der Waals surface area contributed by atoms with Crippen LogP contribution in [-0.4, -0.2) is 26.1 Å². The Morgan fingerprint density at radius 2 is 1.95 bits per heavy atom. The first kappa shape index (κ1) is 14.9. The Morgan fingerprint density at radius 3 is 2.62 bits per heavy atom. The van der Waals surface area contributed by atoms with Gasteiger partial charge in [0.2, 0.25) is 0 Å². The average molecular weight is 285 g/mol. The van der Waals surface area contributed by atoms with Crippen LogP contribution in [0.2, 0.25) is 0 Å². The largest absolute Gasteiger partial charge is 0.496 e. The number of nitrogens with zero attached hydrogens (tertiary/aromatic N) is 1. The van der Waals surface area contributed by atoms with Crippen LogP contribution in [0.5, 0.6) is 5.75 Å². The van der Waals surface area contributed by atoms with E-state index in [1.165, 1.54) is 6.07 Å². The summed E-state index contributed by atoms with van der Waals surface area (Å²) in [5, 5.41) is 0.803. The summed E-state index contributed by atoms with van der Waals surface area (Å²) in [5.74, 6) is 0.699. The second kappa shape index (κ2) is 6.31. The SMILES string of the molecule is COc1cc(C)cc2oc(=O)cc(/C=C/C=C/N(C)C)c12. The quantitative estimate of drug-likeness (QED) is 0.639. The highest BCUT2D eigenvalue weighted by molar-refractivity contribution is 5.92. The molecule has 21 heavy (non-hydrogen) atoms. The normalized spacial score (nSPS) is 11.6. The number of methoxy groups -OCH3 is 1. The van der Waals surface area contributed by atoms with Crippen LogP contribution in [-0.2, 0) is 0 Å². The molecule has 1 heterocycles. The summed E-state index contributed by atoms with van der Waals surface area (Å²) in [4.78, 5) is 13.6. The lowest BCUT2D eigenvalue weighted by molar-refractivity contribution is 0.418. The van der Waals surface area contributed by atoms with Gasteiger partial charge in [0, 0.05) is 20.2 Å². The van der Waals surface area contributed by atoms with Crippen molar-refractivity contribution >= 4 is 17.0 Å². The van der Waals surface area contributed by atoms with E-state index in [1.807, 2.05) is 62.5 Å². The van der Waals surface area contributed by atoms with Crippen LogP contribution in [0.4, 0.5) is 0 Å². The summed E-state index contributed by atoms with van der Waals surface area (Å²) in [7, 11) is 5.50. The minimum Gasteiger partial charge on any atom is -0.496 e. The zero-order valence-corrected chi connectivity index (χ0v) is 12.7. The molecule has 4 heteroatoms. The van der Waals surface area contributed by atoms with E-state index in [-0.39, 0.29) is 5.63 Å². The van der Waals surface area contributed by atoms with Gasteiger partial charge in [0.1, 0.15) is 11.3 Å². The number of benzene rings is 1. The van der Waals surface area contributed by atoms with Gasteiger partial charge in [-0.1, -0.05) is 12.2 Å². The summed E-state index contributed by atoms with van der Waals surface area (Å²) >= 11 is 0. The number of hydrogen-bond donors (Lipinski definition) is 0. The molecule has 4 nitrogen and oxygen atoms in total. The van der Waals surface area contributed by atoms with Crippen molar-refractivity contribution in [2.75, 3.05) is 21.2 Å². The van der Waals surface area contributed by atoms with Crippen molar-refractivity contribution in [1.82, 2.24) is 4.90 Å². The molecule has 2 aromatic rings. The van der Waals surface area contributed by atoms with Gasteiger partial charge in [-0.2, -0.15) is 0 Å². The molecule has 0 spiro atoms. The minimum atomic E-state index is -0.369. The molecule has 0 N–H and O–H groups in total. The molecular weight excluding hydrogens is 266 g/mol. The Bertz CT molecular complexity index is 754. The van der Waals surface area contributed by atoms with Crippen molar-refractivity contribution in [3.63, 3.8) is 0 Å². The van der Waals surface area contributed by atoms with Crippen molar-refractivity contribution in [2.24, 2.45) is 0 Å². The van der Waals surface area contributed by atoms with E-state index < -0.39 is 0 Å². The van der Waals surface area contributed by atoms with Gasteiger partial charge in [0.05, 0.1) is 12.5 Å². The molecule has 0 amide bonds. The number of allylic oxidation sites excluding steroid dienone is 2. The fraction of sp³-hybridized carbons (Fsp3) is 0.235. The molecule has 1 aromatic carbocycles. The molecule has 0 aliphatic carbocycles. The van der Waals surface area contributed by atoms with Gasteiger partial charge in [0.15, 0.2) is 0 Å². The third-order valence-electron chi connectivity index (χ3n) is 2.97. The minimum absolute atomic E-state index is 0.369. The molecule has 0 aliphatic rings. The maximum Gasteiger partial charge on any atom is 0.336 e. The molecule has 0 aliphatic heterocycles. The first-order chi connectivity index (χ1) is 10.0. The summed E-state index contributed by atoms with van der Waals surface area (Å²) in [6.45, 7) is 1.93. The van der Waals surface area contributed by atoms with Crippen molar-refractivity contribution in [3.8, 4) is 5.75 Å². The molecule has 0 radical (unpaired) electrons. The maximum atomic E-state index is 11.7. The summed E-state index contributed by atoms with van der Waals surface area (Å²) < 4.78 is 10.7. The zero-order valence-electron chi connectivity index (χ0n) is 12.7. The predicted molar refractivity (Wildman–Crippen MR) is 85.6 cm³/mol. The van der Waals surface area contributed by atoms with E-state index in [0.717, 1.165) is 16.5 Å². The van der Waals surface area contributed by atoms with E-state index in [2.05, 4.69) is 0 Å². The maximum absolute atomic E-state index is 11.7. The van der Waals surface area contributed by atoms with E-state index in [1.54, 1.807) is 7.11 Å². The Labute approximate surface area is 123 Å². The van der Waals surface area contributed by atoms with Gasteiger partial charge in [-0.3, -0.25) is 0 Å². The zero-order chi connectivity index (χ0) is 15.4. The van der Waals surface area contributed by atoms with Gasteiger partial charge < -0.3 is 14.1 Å². The number of ether oxygens (including phenoxy) is 1. The van der Waals surface area contributed by atoms with Gasteiger partial charge in [-0.15, -0.1) is 0 Å². The number of fused-ring (bicyclic) bond motifs is 1. The molecular formula is C17H19NO3. The predicted octanol–water partition coefficient (Wildman–Crippen LogP) is 3.20. The van der Waals surface area contributed by atoms with E-state index in [9.17, 15) is 4.79 Å². The van der Waals surface area contributed by atoms with Gasteiger partial charge in [-0.05, 0) is 42.5 Å². The van der Waals surface area contributed by atoms with Crippen LogP contribution in [0.25, 0.3) is 17.0 Å². The smallest absolute Gasteiger partial charge is 0.336 e. The highest BCUT2D eigenvalue weighted by atomic mass is 16.5. The molecule has 2 rings (SSSR count). The van der Waals surface area contributed by atoms with E-state index >= 15 is 0 Å². The summed E-state index contributed by atoms with van der Waals surface area (Å²) in [6, 6.07) is 5.24. The van der Waals surface area contributed by atoms with E-state index in [4.69, 9.17) is 9.15 Å². The van der Waals surface area contributed by atoms with Crippen LogP contribution >= 0.6 is 0 Å². The number of hydrogen-bond acceptors (Lipinski definition) is 4. The van der Waals surface area contributed by atoms with Crippen LogP contribution in [0.15, 0.2) is 45.8 Å². The second-order valence-corrected chi connectivity index (χ2v) is 5.03. The second-order valence-electron chi connectivity index (χ2n) is 5.03. The van der Waals surface area contributed by atoms with E-state index in [0.29, 0.717) is 11.3 Å². The Morgan fingerprint density at radius 1 is 1.19 bits per heavy atom. The van der Waals surface area contributed by atoms with Crippen LogP contribution in [0.1, 0.15) is 11.1 Å². The lowest BCUT2D eigenvalue weighted by Gasteiger charge is -2.08. The first-order valence-corrected chi connectivity index (χ1v) is 6.65. The van der Waals surface area contributed by atoms with Crippen molar-refractivity contribution in [3.05, 3.63) is 58.1 Å². The molecule has 1 aromatic heterocycles. The van der Waals surface area contributed by atoms with Gasteiger partial charge in [-0.25, -0.2) is 4.79 Å². The lowest BCUT2D eigenvalue weighted by atomic mass is 10.1. The number of rotatable bonds is 4. The average Bonchev–Trinajstić information content (AvgIpc) is 2.41. The van der Waals surface area contributed by atoms with Crippen molar-refractivity contribution in [2.45, 2.75) is 6.92 Å². The molecule has 0 saturated heterocycles. The monoisotopic (exact) mass is 285 g/mol. The summed E-state index contributed by atoms with van der Waals surface area (Å²) in [5.41, 5.74) is 1.93. The molecule has 0 fully saturated rings. The fourth-order valence-corrected chi connectivity index (χ4v) is 2.10. The molecule has 0 bridgehead atoms. The highest BCUT2D eigenvalue weighted by Gasteiger charge is 2.10. The molecule has 110 valence electrons. The third-order valence-corrected chi connectivity index (χ3v) is 2.97. The molecule has 0 unspecified atom stereocenters. The third kappa shape index (κ3) is 3.54. The number of aryl methyl sites for hydroxylation is 1. The topological polar surface area (TPSA) is 42.7 Å². The molecule has 0 saturated carbocycles. The van der Waals surface area contributed by atoms with Crippen LogP contribution in [0.3, 0.4) is 0 Å². The van der Waals surface area contributed by atoms with Crippen molar-refractivity contribution in [1.29, 1.82) is 0 Å². The van der Waals surface area contributed by atoms with Gasteiger partial charge in [0.25, 0.3) is 0 Å². The Balaban J connectivity index is 2.59. The highest BCUT2D eigenvalue weighted by Crippen LogP contribution is 2.30. The Kier molecular flexibility index (Phi) is 4.48. The standard InChI is InChI=1S/C17H19NO3/c1-12-9-14(20-4)17-13(7-5-6-8-18(2)3)11-16(19)21-15(17)10-12/h5-11H,1-4H3/b7-5+,8-6+. The molecule has 0 atom stereocenters. The lowest BCUT2D eigenvalue weighted by Crippen LogP contribution is -2.00.